The Bertz CT molecular complexity index is 594. The van der Waals surface area contributed by atoms with Crippen LogP contribution in [0, 0.1) is 11.8 Å². The fourth-order valence-corrected chi connectivity index (χ4v) is 3.91. The van der Waals surface area contributed by atoms with Crippen molar-refractivity contribution < 1.29 is 54.0 Å². The molecule has 0 aromatic carbocycles. The summed E-state index contributed by atoms with van der Waals surface area (Å²) in [6.07, 6.45) is -8.71. The maximum absolute atomic E-state index is 12.1. The van der Waals surface area contributed by atoms with Gasteiger partial charge in [-0.2, -0.15) is 0 Å². The highest BCUT2D eigenvalue weighted by atomic mass is 16.8. The van der Waals surface area contributed by atoms with E-state index in [9.17, 15) is 30.3 Å². The number of rotatable bonds is 4. The highest BCUT2D eigenvalue weighted by molar-refractivity contribution is 5.88. The third kappa shape index (κ3) is 3.89. The molecular weight excluding hydrogens is 380 g/mol. The lowest BCUT2D eigenvalue weighted by Crippen LogP contribution is -2.61. The van der Waals surface area contributed by atoms with E-state index in [0.29, 0.717) is 0 Å². The van der Waals surface area contributed by atoms with E-state index in [0.717, 1.165) is 0 Å². The molecule has 3 aliphatic rings. The summed E-state index contributed by atoms with van der Waals surface area (Å²) in [7, 11) is 1.23. The molecule has 28 heavy (non-hydrogen) atoms. The van der Waals surface area contributed by atoms with Gasteiger partial charge >= 0.3 is 5.97 Å². The average Bonchev–Trinajstić information content (AvgIpc) is 2.67. The Morgan fingerprint density at radius 3 is 2.50 bits per heavy atom. The van der Waals surface area contributed by atoms with Gasteiger partial charge in [-0.05, 0) is 6.92 Å². The summed E-state index contributed by atoms with van der Waals surface area (Å²) >= 11 is 0. The molecule has 0 aromatic heterocycles. The lowest BCUT2D eigenvalue weighted by molar-refractivity contribution is -0.352. The van der Waals surface area contributed by atoms with Gasteiger partial charge in [-0.15, -0.1) is 0 Å². The number of hydrogen-bond donors (Lipinski definition) is 5. The summed E-state index contributed by atoms with van der Waals surface area (Å²) in [6.45, 7) is 1.08. The molecule has 0 radical (unpaired) electrons. The smallest absolute Gasteiger partial charge is 0.337 e. The lowest BCUT2D eigenvalue weighted by Gasteiger charge is -2.47. The molecule has 11 nitrogen and oxygen atoms in total. The third-order valence-electron chi connectivity index (χ3n) is 5.41. The minimum Gasteiger partial charge on any atom is -0.471 e. The van der Waals surface area contributed by atoms with Crippen molar-refractivity contribution in [3.8, 4) is 0 Å². The molecule has 3 heterocycles. The van der Waals surface area contributed by atoms with Crippen LogP contribution in [0.1, 0.15) is 13.3 Å². The number of methoxy groups -OCH3 is 1. The van der Waals surface area contributed by atoms with E-state index in [2.05, 4.69) is 0 Å². The summed E-state index contributed by atoms with van der Waals surface area (Å²) in [5.41, 5.74) is 0.218. The van der Waals surface area contributed by atoms with Gasteiger partial charge in [0.2, 0.25) is 6.29 Å². The Morgan fingerprint density at radius 1 is 1.14 bits per heavy atom. The van der Waals surface area contributed by atoms with Crippen LogP contribution in [0.2, 0.25) is 0 Å². The minimum absolute atomic E-state index is 0.105. The molecule has 3 aliphatic heterocycles. The maximum Gasteiger partial charge on any atom is 0.337 e. The van der Waals surface area contributed by atoms with E-state index < -0.39 is 73.8 Å². The van der Waals surface area contributed by atoms with Crippen molar-refractivity contribution in [3.05, 3.63) is 11.8 Å². The van der Waals surface area contributed by atoms with Gasteiger partial charge in [0.25, 0.3) is 0 Å². The van der Waals surface area contributed by atoms with Crippen LogP contribution in [0.5, 0.6) is 0 Å². The lowest BCUT2D eigenvalue weighted by atomic mass is 9.77. The van der Waals surface area contributed by atoms with Gasteiger partial charge in [-0.1, -0.05) is 0 Å². The number of esters is 1. The standard InChI is InChI=1S/C17H26O11/c1-6-11-7(3-10(19)26-6)8(15(23)24-2)5-25-16(11)28-17-14(22)13(21)12(20)9(4-18)27-17/h5-7,9-14,16-22H,3-4H2,1-2H3/t6-,7-,9+,10+,11+,12+,13-,14+,16-,17+/m0/s1. The van der Waals surface area contributed by atoms with Gasteiger partial charge in [0.05, 0.1) is 37.6 Å². The predicted molar refractivity (Wildman–Crippen MR) is 88.0 cm³/mol. The second-order valence-electron chi connectivity index (χ2n) is 7.12. The molecule has 0 aliphatic carbocycles. The molecule has 0 aromatic rings. The average molecular weight is 406 g/mol. The first kappa shape index (κ1) is 21.4. The summed E-state index contributed by atoms with van der Waals surface area (Å²) < 4.78 is 26.8. The molecule has 11 heteroatoms. The number of ether oxygens (including phenoxy) is 5. The first-order valence-corrected chi connectivity index (χ1v) is 9.01. The van der Waals surface area contributed by atoms with Gasteiger partial charge in [0, 0.05) is 12.3 Å². The normalized spacial score (nSPS) is 46.2. The summed E-state index contributed by atoms with van der Waals surface area (Å²) in [4.78, 5) is 12.1. The molecule has 10 atom stereocenters. The maximum atomic E-state index is 12.1. The summed E-state index contributed by atoms with van der Waals surface area (Å²) in [5.74, 6) is -1.67. The number of hydrogen-bond acceptors (Lipinski definition) is 11. The van der Waals surface area contributed by atoms with Crippen molar-refractivity contribution in [1.82, 2.24) is 0 Å². The van der Waals surface area contributed by atoms with Gasteiger partial charge in [0.15, 0.2) is 12.6 Å². The number of aliphatic hydroxyl groups excluding tert-OH is 5. The minimum atomic E-state index is -1.60. The summed E-state index contributed by atoms with van der Waals surface area (Å²) in [6, 6.07) is 0. The van der Waals surface area contributed by atoms with E-state index in [1.54, 1.807) is 6.92 Å². The molecule has 0 amide bonds. The number of carbonyl (C=O) groups is 1. The van der Waals surface area contributed by atoms with Crippen LogP contribution in [-0.4, -0.2) is 94.6 Å². The monoisotopic (exact) mass is 406 g/mol. The number of aliphatic hydroxyl groups is 5. The highest BCUT2D eigenvalue weighted by Crippen LogP contribution is 2.42. The Labute approximate surface area is 161 Å². The molecular formula is C17H26O11. The largest absolute Gasteiger partial charge is 0.471 e. The van der Waals surface area contributed by atoms with Crippen LogP contribution in [0.15, 0.2) is 11.8 Å². The molecule has 160 valence electrons. The van der Waals surface area contributed by atoms with Crippen molar-refractivity contribution >= 4 is 5.97 Å². The molecule has 0 spiro atoms. The second kappa shape index (κ2) is 8.59. The number of fused-ring (bicyclic) bond motifs is 1. The Morgan fingerprint density at radius 2 is 1.86 bits per heavy atom. The van der Waals surface area contributed by atoms with E-state index >= 15 is 0 Å². The van der Waals surface area contributed by atoms with Crippen molar-refractivity contribution in [2.24, 2.45) is 11.8 Å². The molecule has 0 saturated carbocycles. The molecule has 2 fully saturated rings. The third-order valence-corrected chi connectivity index (χ3v) is 5.41. The zero-order chi connectivity index (χ0) is 20.6. The Balaban J connectivity index is 1.81. The van der Waals surface area contributed by atoms with E-state index in [1.165, 1.54) is 13.4 Å². The second-order valence-corrected chi connectivity index (χ2v) is 7.12. The molecule has 0 unspecified atom stereocenters. The zero-order valence-electron chi connectivity index (χ0n) is 15.5. The predicted octanol–water partition coefficient (Wildman–Crippen LogP) is -2.42. The molecule has 5 N–H and O–H groups in total. The van der Waals surface area contributed by atoms with E-state index in [-0.39, 0.29) is 12.0 Å². The van der Waals surface area contributed by atoms with Crippen LogP contribution in [-0.2, 0) is 28.5 Å². The molecule has 2 saturated heterocycles. The van der Waals surface area contributed by atoms with Crippen LogP contribution in [0.3, 0.4) is 0 Å². The zero-order valence-corrected chi connectivity index (χ0v) is 15.5. The first-order valence-electron chi connectivity index (χ1n) is 9.01. The highest BCUT2D eigenvalue weighted by Gasteiger charge is 2.51. The fourth-order valence-electron chi connectivity index (χ4n) is 3.91. The van der Waals surface area contributed by atoms with Gasteiger partial charge in [-0.25, -0.2) is 4.79 Å². The molecule has 3 rings (SSSR count). The summed E-state index contributed by atoms with van der Waals surface area (Å²) in [5, 5.41) is 49.2. The molecule has 0 bridgehead atoms. The van der Waals surface area contributed by atoms with Gasteiger partial charge < -0.3 is 49.2 Å². The number of carbonyl (C=O) groups excluding carboxylic acids is 1. The van der Waals surface area contributed by atoms with Crippen molar-refractivity contribution in [3.63, 3.8) is 0 Å². The quantitative estimate of drug-likeness (QED) is 0.315. The Hall–Kier alpha value is -1.31. The van der Waals surface area contributed by atoms with Crippen LogP contribution in [0.25, 0.3) is 0 Å². The van der Waals surface area contributed by atoms with E-state index in [4.69, 9.17) is 23.7 Å². The van der Waals surface area contributed by atoms with Crippen molar-refractivity contribution in [2.45, 2.75) is 62.7 Å². The first-order chi connectivity index (χ1) is 13.3. The van der Waals surface area contributed by atoms with Crippen LogP contribution >= 0.6 is 0 Å². The van der Waals surface area contributed by atoms with Crippen LogP contribution in [0.4, 0.5) is 0 Å². The van der Waals surface area contributed by atoms with Crippen LogP contribution < -0.4 is 0 Å². The van der Waals surface area contributed by atoms with E-state index in [1.807, 2.05) is 0 Å². The van der Waals surface area contributed by atoms with Gasteiger partial charge in [-0.3, -0.25) is 0 Å². The van der Waals surface area contributed by atoms with Gasteiger partial charge in [0.1, 0.15) is 24.4 Å². The fraction of sp³-hybridized carbons (Fsp3) is 0.824. The Kier molecular flexibility index (Phi) is 6.57. The van der Waals surface area contributed by atoms with Crippen molar-refractivity contribution in [2.75, 3.05) is 13.7 Å². The van der Waals surface area contributed by atoms with Crippen molar-refractivity contribution in [1.29, 1.82) is 0 Å². The topological polar surface area (TPSA) is 164 Å². The SMILES string of the molecule is COC(=O)C1=CO[C@@H](O[C@H]2O[C@H](CO)[C@@H](O)[C@H](O)[C@H]2O)[C@@H]2[C@H](C)O[C@@H](O)C[C@@H]12.